The topological polar surface area (TPSA) is 26.3 Å². The summed E-state index contributed by atoms with van der Waals surface area (Å²) in [7, 11) is 0. The molecular formula is C12H15F3O2. The molecule has 0 fully saturated rings. The SMILES string of the molecule is C=C/C=C/CCC/C=C/C(=O)OCC(F)(F)F. The van der Waals surface area contributed by atoms with Gasteiger partial charge in [-0.15, -0.1) is 0 Å². The van der Waals surface area contributed by atoms with Gasteiger partial charge in [0.25, 0.3) is 0 Å². The molecule has 0 saturated carbocycles. The number of carbonyl (C=O) groups excluding carboxylic acids is 1. The number of rotatable bonds is 7. The van der Waals surface area contributed by atoms with Gasteiger partial charge in [-0.3, -0.25) is 0 Å². The molecule has 0 unspecified atom stereocenters. The zero-order valence-corrected chi connectivity index (χ0v) is 9.37. The van der Waals surface area contributed by atoms with Crippen molar-refractivity contribution in [2.45, 2.75) is 25.4 Å². The molecule has 0 amide bonds. The molecule has 0 spiro atoms. The first-order valence-corrected chi connectivity index (χ1v) is 5.13. The first kappa shape index (κ1) is 15.5. The maximum Gasteiger partial charge on any atom is 0.422 e. The van der Waals surface area contributed by atoms with Crippen LogP contribution in [0.25, 0.3) is 0 Å². The third-order valence-corrected chi connectivity index (χ3v) is 1.65. The second kappa shape index (κ2) is 8.61. The van der Waals surface area contributed by atoms with Crippen molar-refractivity contribution in [2.24, 2.45) is 0 Å². The summed E-state index contributed by atoms with van der Waals surface area (Å²) in [4.78, 5) is 10.8. The molecule has 0 aromatic rings. The molecule has 5 heteroatoms. The van der Waals surface area contributed by atoms with Gasteiger partial charge in [0.15, 0.2) is 6.61 Å². The zero-order valence-electron chi connectivity index (χ0n) is 9.37. The van der Waals surface area contributed by atoms with Crippen molar-refractivity contribution in [3.05, 3.63) is 37.0 Å². The largest absolute Gasteiger partial charge is 0.453 e. The maximum absolute atomic E-state index is 11.7. The Morgan fingerprint density at radius 2 is 1.88 bits per heavy atom. The minimum Gasteiger partial charge on any atom is -0.453 e. The van der Waals surface area contributed by atoms with Gasteiger partial charge in [0.1, 0.15) is 0 Å². The molecule has 0 aromatic heterocycles. The van der Waals surface area contributed by atoms with E-state index < -0.39 is 18.8 Å². The smallest absolute Gasteiger partial charge is 0.422 e. The Balaban J connectivity index is 3.60. The summed E-state index contributed by atoms with van der Waals surface area (Å²) < 4.78 is 39.0. The normalized spacial score (nSPS) is 12.2. The molecule has 0 aliphatic carbocycles. The van der Waals surface area contributed by atoms with E-state index in [9.17, 15) is 18.0 Å². The van der Waals surface area contributed by atoms with E-state index in [1.165, 1.54) is 6.08 Å². The van der Waals surface area contributed by atoms with Gasteiger partial charge in [-0.05, 0) is 19.3 Å². The van der Waals surface area contributed by atoms with Crippen molar-refractivity contribution in [1.82, 2.24) is 0 Å². The van der Waals surface area contributed by atoms with E-state index in [-0.39, 0.29) is 0 Å². The average Bonchev–Trinajstić information content (AvgIpc) is 2.24. The predicted molar refractivity (Wildman–Crippen MR) is 59.3 cm³/mol. The van der Waals surface area contributed by atoms with Crippen LogP contribution >= 0.6 is 0 Å². The zero-order chi connectivity index (χ0) is 13.1. The number of hydrogen-bond acceptors (Lipinski definition) is 2. The van der Waals surface area contributed by atoms with Crippen molar-refractivity contribution < 1.29 is 22.7 Å². The fraction of sp³-hybridized carbons (Fsp3) is 0.417. The molecule has 0 aliphatic rings. The Bertz CT molecular complexity index is 291. The second-order valence-corrected chi connectivity index (χ2v) is 3.22. The Kier molecular flexibility index (Phi) is 7.84. The van der Waals surface area contributed by atoms with E-state index in [4.69, 9.17) is 0 Å². The standard InChI is InChI=1S/C12H15F3O2/c1-2-3-4-5-6-7-8-9-11(16)17-10-12(13,14)15/h2-4,8-9H,1,5-7,10H2/b4-3+,9-8+. The highest BCUT2D eigenvalue weighted by Crippen LogP contribution is 2.14. The molecule has 0 heterocycles. The van der Waals surface area contributed by atoms with Gasteiger partial charge in [-0.25, -0.2) is 4.79 Å². The van der Waals surface area contributed by atoms with Crippen LogP contribution in [0.1, 0.15) is 19.3 Å². The van der Waals surface area contributed by atoms with Crippen LogP contribution in [0.5, 0.6) is 0 Å². The third-order valence-electron chi connectivity index (χ3n) is 1.65. The molecule has 17 heavy (non-hydrogen) atoms. The summed E-state index contributed by atoms with van der Waals surface area (Å²) in [6.45, 7) is 1.96. The lowest BCUT2D eigenvalue weighted by Crippen LogP contribution is -2.19. The summed E-state index contributed by atoms with van der Waals surface area (Å²) in [6.07, 6.45) is 5.68. The van der Waals surface area contributed by atoms with Gasteiger partial charge in [-0.2, -0.15) is 13.2 Å². The van der Waals surface area contributed by atoms with Gasteiger partial charge in [0, 0.05) is 6.08 Å². The highest BCUT2D eigenvalue weighted by molar-refractivity contribution is 5.81. The molecule has 2 nitrogen and oxygen atoms in total. The first-order chi connectivity index (χ1) is 7.95. The minimum absolute atomic E-state index is 0.614. The highest BCUT2D eigenvalue weighted by Gasteiger charge is 2.29. The molecule has 0 aromatic carbocycles. The lowest BCUT2D eigenvalue weighted by Gasteiger charge is -2.05. The van der Waals surface area contributed by atoms with E-state index in [2.05, 4.69) is 11.3 Å². The van der Waals surface area contributed by atoms with Crippen LogP contribution in [-0.2, 0) is 9.53 Å². The van der Waals surface area contributed by atoms with Crippen molar-refractivity contribution in [3.8, 4) is 0 Å². The number of allylic oxidation sites excluding steroid dienone is 4. The van der Waals surface area contributed by atoms with Crippen LogP contribution in [0.15, 0.2) is 37.0 Å². The van der Waals surface area contributed by atoms with Crippen LogP contribution in [-0.4, -0.2) is 18.8 Å². The van der Waals surface area contributed by atoms with Crippen LogP contribution in [0.3, 0.4) is 0 Å². The number of esters is 1. The summed E-state index contributed by atoms with van der Waals surface area (Å²) in [5, 5.41) is 0. The lowest BCUT2D eigenvalue weighted by molar-refractivity contribution is -0.182. The third kappa shape index (κ3) is 12.4. The fourth-order valence-electron chi connectivity index (χ4n) is 0.927. The molecule has 0 atom stereocenters. The number of carbonyl (C=O) groups is 1. The van der Waals surface area contributed by atoms with Crippen molar-refractivity contribution in [3.63, 3.8) is 0 Å². The van der Waals surface area contributed by atoms with E-state index in [0.717, 1.165) is 18.9 Å². The van der Waals surface area contributed by atoms with E-state index >= 15 is 0 Å². The Hall–Kier alpha value is -1.52. The molecular weight excluding hydrogens is 233 g/mol. The van der Waals surface area contributed by atoms with Gasteiger partial charge in [0.05, 0.1) is 0 Å². The van der Waals surface area contributed by atoms with Crippen LogP contribution < -0.4 is 0 Å². The predicted octanol–water partition coefficient (Wildman–Crippen LogP) is 3.56. The molecule has 96 valence electrons. The van der Waals surface area contributed by atoms with E-state index in [0.29, 0.717) is 6.42 Å². The Morgan fingerprint density at radius 1 is 1.24 bits per heavy atom. The van der Waals surface area contributed by atoms with Crippen LogP contribution in [0.2, 0.25) is 0 Å². The number of unbranched alkanes of at least 4 members (excludes halogenated alkanes) is 2. The second-order valence-electron chi connectivity index (χ2n) is 3.22. The van der Waals surface area contributed by atoms with Gasteiger partial charge in [0.2, 0.25) is 0 Å². The van der Waals surface area contributed by atoms with Crippen LogP contribution in [0, 0.1) is 0 Å². The number of hydrogen-bond donors (Lipinski definition) is 0. The van der Waals surface area contributed by atoms with Gasteiger partial charge < -0.3 is 4.74 Å². The molecule has 0 rings (SSSR count). The molecule has 0 bridgehead atoms. The number of ether oxygens (including phenoxy) is 1. The number of halogens is 3. The average molecular weight is 248 g/mol. The quantitative estimate of drug-likeness (QED) is 0.298. The molecule has 0 radical (unpaired) electrons. The van der Waals surface area contributed by atoms with Gasteiger partial charge >= 0.3 is 12.1 Å². The lowest BCUT2D eigenvalue weighted by atomic mass is 10.2. The Labute approximate surface area is 98.5 Å². The van der Waals surface area contributed by atoms with Crippen molar-refractivity contribution in [2.75, 3.05) is 6.61 Å². The number of alkyl halides is 3. The van der Waals surface area contributed by atoms with Crippen LogP contribution in [0.4, 0.5) is 13.2 Å². The fourth-order valence-corrected chi connectivity index (χ4v) is 0.927. The highest BCUT2D eigenvalue weighted by atomic mass is 19.4. The first-order valence-electron chi connectivity index (χ1n) is 5.13. The van der Waals surface area contributed by atoms with E-state index in [1.54, 1.807) is 12.2 Å². The summed E-state index contributed by atoms with van der Waals surface area (Å²) in [5.74, 6) is -0.969. The molecule has 0 N–H and O–H groups in total. The Morgan fingerprint density at radius 3 is 2.47 bits per heavy atom. The van der Waals surface area contributed by atoms with Gasteiger partial charge in [-0.1, -0.05) is 30.9 Å². The summed E-state index contributed by atoms with van der Waals surface area (Å²) in [6, 6.07) is 0. The molecule has 0 saturated heterocycles. The van der Waals surface area contributed by atoms with Crippen molar-refractivity contribution >= 4 is 5.97 Å². The van der Waals surface area contributed by atoms with E-state index in [1.807, 2.05) is 6.08 Å². The summed E-state index contributed by atoms with van der Waals surface area (Å²) in [5.41, 5.74) is 0. The maximum atomic E-state index is 11.7. The van der Waals surface area contributed by atoms with Crippen molar-refractivity contribution in [1.29, 1.82) is 0 Å². The monoisotopic (exact) mass is 248 g/mol. The minimum atomic E-state index is -4.47. The molecule has 0 aliphatic heterocycles. The summed E-state index contributed by atoms with van der Waals surface area (Å²) >= 11 is 0.